The molecule has 0 unspecified atom stereocenters. The van der Waals surface area contributed by atoms with Crippen LogP contribution in [0.2, 0.25) is 0 Å². The Morgan fingerprint density at radius 3 is 2.74 bits per heavy atom. The fourth-order valence-electron chi connectivity index (χ4n) is 4.65. The quantitative estimate of drug-likeness (QED) is 0.144. The third-order valence-electron chi connectivity index (χ3n) is 6.80. The van der Waals surface area contributed by atoms with Crippen LogP contribution in [0.3, 0.4) is 0 Å². The maximum absolute atomic E-state index is 12.4. The fourth-order valence-corrected chi connectivity index (χ4v) is 4.65. The van der Waals surface area contributed by atoms with Gasteiger partial charge >= 0.3 is 0 Å². The van der Waals surface area contributed by atoms with E-state index in [2.05, 4.69) is 43.2 Å². The van der Waals surface area contributed by atoms with Crippen molar-refractivity contribution in [2.45, 2.75) is 45.6 Å². The molecule has 0 saturated carbocycles. The van der Waals surface area contributed by atoms with Gasteiger partial charge in [0.15, 0.2) is 11.3 Å². The van der Waals surface area contributed by atoms with E-state index in [9.17, 15) is 4.79 Å². The number of unbranched alkanes of at least 4 members (excludes halogenated alkanes) is 2. The molecule has 0 aliphatic carbocycles. The molecule has 1 fully saturated rings. The highest BCUT2D eigenvalue weighted by Gasteiger charge is 2.22. The third-order valence-corrected chi connectivity index (χ3v) is 6.80. The number of ether oxygens (including phenoxy) is 1. The molecule has 1 saturated heterocycles. The molecular formula is C26H37N11O2. The Morgan fingerprint density at radius 2 is 2.03 bits per heavy atom. The van der Waals surface area contributed by atoms with Gasteiger partial charge in [0.1, 0.15) is 11.3 Å². The van der Waals surface area contributed by atoms with Gasteiger partial charge in [-0.3, -0.25) is 9.48 Å². The normalized spacial score (nSPS) is 13.4. The molecule has 0 bridgehead atoms. The molecule has 3 aromatic rings. The largest absolute Gasteiger partial charge is 0.496 e. The van der Waals surface area contributed by atoms with Crippen molar-refractivity contribution < 1.29 is 9.53 Å². The van der Waals surface area contributed by atoms with Gasteiger partial charge in [0, 0.05) is 61.4 Å². The van der Waals surface area contributed by atoms with Crippen molar-refractivity contribution in [3.63, 3.8) is 0 Å². The summed E-state index contributed by atoms with van der Waals surface area (Å²) in [6, 6.07) is 6.16. The number of carbonyl (C=O) groups excluding carboxylic acids is 1. The van der Waals surface area contributed by atoms with Crippen LogP contribution in [0.15, 0.2) is 29.5 Å². The van der Waals surface area contributed by atoms with Gasteiger partial charge in [0.05, 0.1) is 19.9 Å². The van der Waals surface area contributed by atoms with E-state index in [0.29, 0.717) is 49.5 Å². The van der Waals surface area contributed by atoms with E-state index in [1.54, 1.807) is 11.8 Å². The minimum Gasteiger partial charge on any atom is -0.496 e. The molecule has 13 nitrogen and oxygen atoms in total. The second-order valence-electron chi connectivity index (χ2n) is 9.51. The highest BCUT2D eigenvalue weighted by molar-refractivity contribution is 5.85. The zero-order valence-corrected chi connectivity index (χ0v) is 22.7. The van der Waals surface area contributed by atoms with Crippen LogP contribution in [0.25, 0.3) is 21.5 Å². The number of benzene rings is 1. The summed E-state index contributed by atoms with van der Waals surface area (Å²) < 4.78 is 7.53. The Kier molecular flexibility index (Phi) is 9.76. The SMILES string of the molecule is CCCCNc1nc(N=[N+]=[N-])nc2cn(Cc3ccc(N4CCN(C(=O)CCCCN)CC4)cc3OC)nc12. The second kappa shape index (κ2) is 13.6. The molecule has 3 heterocycles. The van der Waals surface area contributed by atoms with Crippen LogP contribution in [-0.4, -0.2) is 76.9 Å². The van der Waals surface area contributed by atoms with Gasteiger partial charge in [-0.15, -0.1) is 0 Å². The van der Waals surface area contributed by atoms with Gasteiger partial charge in [-0.2, -0.15) is 5.10 Å². The third kappa shape index (κ3) is 7.06. The zero-order valence-electron chi connectivity index (χ0n) is 22.7. The fraction of sp³-hybridized carbons (Fsp3) is 0.538. The van der Waals surface area contributed by atoms with Gasteiger partial charge in [-0.25, -0.2) is 9.97 Å². The maximum Gasteiger partial charge on any atom is 0.222 e. The molecule has 0 spiro atoms. The Labute approximate surface area is 228 Å². The molecule has 39 heavy (non-hydrogen) atoms. The number of piperazine rings is 1. The van der Waals surface area contributed by atoms with Gasteiger partial charge in [-0.05, 0) is 42.5 Å². The predicted molar refractivity (Wildman–Crippen MR) is 151 cm³/mol. The number of rotatable bonds is 13. The number of fused-ring (bicyclic) bond motifs is 1. The number of carbonyl (C=O) groups is 1. The Balaban J connectivity index is 1.47. The number of methoxy groups -OCH3 is 1. The smallest absolute Gasteiger partial charge is 0.222 e. The number of anilines is 2. The van der Waals surface area contributed by atoms with Crippen LogP contribution in [0.5, 0.6) is 5.75 Å². The van der Waals surface area contributed by atoms with E-state index in [1.807, 2.05) is 23.2 Å². The highest BCUT2D eigenvalue weighted by atomic mass is 16.5. The first-order valence-corrected chi connectivity index (χ1v) is 13.5. The summed E-state index contributed by atoms with van der Waals surface area (Å²) in [5, 5.41) is 11.6. The number of amides is 1. The summed E-state index contributed by atoms with van der Waals surface area (Å²) in [4.78, 5) is 28.2. The molecular weight excluding hydrogens is 498 g/mol. The van der Waals surface area contributed by atoms with Crippen molar-refractivity contribution in [2.24, 2.45) is 10.8 Å². The molecule has 1 amide bonds. The van der Waals surface area contributed by atoms with Gasteiger partial charge in [-0.1, -0.05) is 19.4 Å². The van der Waals surface area contributed by atoms with Crippen molar-refractivity contribution in [3.05, 3.63) is 40.4 Å². The average Bonchev–Trinajstić information content (AvgIpc) is 3.36. The lowest BCUT2D eigenvalue weighted by molar-refractivity contribution is -0.131. The second-order valence-corrected chi connectivity index (χ2v) is 9.51. The predicted octanol–water partition coefficient (Wildman–Crippen LogP) is 3.81. The van der Waals surface area contributed by atoms with E-state index < -0.39 is 0 Å². The van der Waals surface area contributed by atoms with Gasteiger partial charge in [0.2, 0.25) is 11.9 Å². The van der Waals surface area contributed by atoms with E-state index in [1.165, 1.54) is 0 Å². The topological polar surface area (TPSA) is 163 Å². The van der Waals surface area contributed by atoms with Crippen molar-refractivity contribution in [1.82, 2.24) is 24.6 Å². The number of hydrogen-bond donors (Lipinski definition) is 2. The van der Waals surface area contributed by atoms with Crippen LogP contribution in [0, 0.1) is 0 Å². The van der Waals surface area contributed by atoms with Crippen LogP contribution < -0.4 is 20.7 Å². The molecule has 0 radical (unpaired) electrons. The van der Waals surface area contributed by atoms with E-state index in [-0.39, 0.29) is 11.9 Å². The summed E-state index contributed by atoms with van der Waals surface area (Å²) in [7, 11) is 1.66. The lowest BCUT2D eigenvalue weighted by Gasteiger charge is -2.36. The summed E-state index contributed by atoms with van der Waals surface area (Å²) in [5.74, 6) is 1.58. The maximum atomic E-state index is 12.4. The molecule has 208 valence electrons. The molecule has 1 aliphatic rings. The first kappa shape index (κ1) is 27.9. The molecule has 0 atom stereocenters. The molecule has 3 N–H and O–H groups in total. The Bertz CT molecular complexity index is 1310. The summed E-state index contributed by atoms with van der Waals surface area (Å²) >= 11 is 0. The van der Waals surface area contributed by atoms with E-state index in [4.69, 9.17) is 21.1 Å². The number of nitrogens with one attached hydrogen (secondary N) is 1. The first-order valence-electron chi connectivity index (χ1n) is 13.5. The van der Waals surface area contributed by atoms with Crippen LogP contribution >= 0.6 is 0 Å². The monoisotopic (exact) mass is 535 g/mol. The number of azide groups is 1. The molecule has 1 aromatic carbocycles. The van der Waals surface area contributed by atoms with Crippen molar-refractivity contribution >= 4 is 34.4 Å². The zero-order chi connectivity index (χ0) is 27.6. The number of hydrogen-bond acceptors (Lipinski definition) is 9. The van der Waals surface area contributed by atoms with Gasteiger partial charge < -0.3 is 25.6 Å². The van der Waals surface area contributed by atoms with Gasteiger partial charge in [0.25, 0.3) is 0 Å². The molecule has 4 rings (SSSR count). The number of nitrogens with two attached hydrogens (primary N) is 1. The van der Waals surface area contributed by atoms with Crippen LogP contribution in [0.1, 0.15) is 44.6 Å². The molecule has 13 heteroatoms. The average molecular weight is 536 g/mol. The lowest BCUT2D eigenvalue weighted by Crippen LogP contribution is -2.48. The lowest BCUT2D eigenvalue weighted by atomic mass is 10.1. The molecule has 2 aromatic heterocycles. The minimum atomic E-state index is 0.0582. The number of aromatic nitrogens is 4. The summed E-state index contributed by atoms with van der Waals surface area (Å²) in [6.07, 6.45) is 6.13. The first-order chi connectivity index (χ1) is 19.1. The summed E-state index contributed by atoms with van der Waals surface area (Å²) in [5.41, 5.74) is 17.6. The number of nitrogens with zero attached hydrogens (tertiary/aromatic N) is 9. The van der Waals surface area contributed by atoms with E-state index >= 15 is 0 Å². The van der Waals surface area contributed by atoms with Crippen LogP contribution in [-0.2, 0) is 11.3 Å². The minimum absolute atomic E-state index is 0.0582. The van der Waals surface area contributed by atoms with Crippen molar-refractivity contribution in [1.29, 1.82) is 0 Å². The van der Waals surface area contributed by atoms with Crippen molar-refractivity contribution in [3.8, 4) is 5.75 Å². The Morgan fingerprint density at radius 1 is 1.21 bits per heavy atom. The van der Waals surface area contributed by atoms with E-state index in [0.717, 1.165) is 62.3 Å². The Hall–Kier alpha value is -4.09. The molecule has 1 aliphatic heterocycles. The highest BCUT2D eigenvalue weighted by Crippen LogP contribution is 2.28. The summed E-state index contributed by atoms with van der Waals surface area (Å²) in [6.45, 7) is 6.90. The van der Waals surface area contributed by atoms with Crippen molar-refractivity contribution in [2.75, 3.05) is 56.6 Å². The van der Waals surface area contributed by atoms with Crippen LogP contribution in [0.4, 0.5) is 17.5 Å². The standard InChI is InChI=1S/C26H37N11O2/c1-3-4-11-29-25-24-21(30-26(31-25)32-34-28)18-37(33-24)17-19-8-9-20(16-22(19)39-2)35-12-14-36(15-13-35)23(38)7-5-6-10-27/h8-9,16,18H,3-7,10-15,17,27H2,1-2H3,(H,29,30,31).